The Labute approximate surface area is 267 Å². The highest BCUT2D eigenvalue weighted by Crippen LogP contribution is 2.38. The van der Waals surface area contributed by atoms with Gasteiger partial charge in [0.25, 0.3) is 5.91 Å². The number of carbonyl (C=O) groups excluding carboxylic acids is 3. The Kier molecular flexibility index (Phi) is 10.8. The molecular formula is C32H31Cl2F3N2O6. The van der Waals surface area contributed by atoms with Crippen molar-refractivity contribution in [1.29, 1.82) is 0 Å². The van der Waals surface area contributed by atoms with Gasteiger partial charge in [-0.2, -0.15) is 13.2 Å². The number of aliphatic carboxylic acids is 1. The van der Waals surface area contributed by atoms with Gasteiger partial charge < -0.3 is 29.5 Å². The van der Waals surface area contributed by atoms with Crippen LogP contribution in [0.2, 0.25) is 10.0 Å². The molecule has 1 atom stereocenters. The first kappa shape index (κ1) is 34.2. The smallest absolute Gasteiger partial charge is 0.430 e. The van der Waals surface area contributed by atoms with Gasteiger partial charge in [0.2, 0.25) is 5.60 Å². The van der Waals surface area contributed by atoms with E-state index in [2.05, 4.69) is 5.32 Å². The number of carboxylic acids is 1. The van der Waals surface area contributed by atoms with Crippen LogP contribution in [-0.2, 0) is 31.3 Å². The predicted octanol–water partition coefficient (Wildman–Crippen LogP) is 4.00. The molecule has 2 bridgehead atoms. The van der Waals surface area contributed by atoms with Crippen LogP contribution in [0.5, 0.6) is 0 Å². The van der Waals surface area contributed by atoms with E-state index in [1.54, 1.807) is 60.7 Å². The molecule has 3 aromatic rings. The number of aliphatic hydroxyl groups is 1. The molecule has 2 N–H and O–H groups in total. The third-order valence-electron chi connectivity index (χ3n) is 8.16. The van der Waals surface area contributed by atoms with Crippen molar-refractivity contribution in [1.82, 2.24) is 5.32 Å². The lowest BCUT2D eigenvalue weighted by Crippen LogP contribution is -2.66. The molecule has 0 radical (unpaired) electrons. The van der Waals surface area contributed by atoms with Crippen LogP contribution in [-0.4, -0.2) is 65.9 Å². The number of fused-ring (bicyclic) bond motifs is 3. The van der Waals surface area contributed by atoms with Gasteiger partial charge in [0, 0.05) is 25.3 Å². The fourth-order valence-electron chi connectivity index (χ4n) is 5.77. The van der Waals surface area contributed by atoms with Gasteiger partial charge >= 0.3 is 12.1 Å². The van der Waals surface area contributed by atoms with E-state index >= 15 is 0 Å². The number of rotatable bonds is 8. The van der Waals surface area contributed by atoms with E-state index in [1.807, 2.05) is 18.2 Å². The lowest BCUT2D eigenvalue weighted by atomic mass is 9.82. The highest BCUT2D eigenvalue weighted by molar-refractivity contribution is 6.42. The second-order valence-electron chi connectivity index (χ2n) is 11.2. The van der Waals surface area contributed by atoms with Gasteiger partial charge in [-0.1, -0.05) is 89.9 Å². The number of nitrogens with zero attached hydrogens (tertiary/aromatic N) is 1. The summed E-state index contributed by atoms with van der Waals surface area (Å²) < 4.78 is 38.2. The Balaban J connectivity index is 0.000000591. The Hall–Kier alpha value is -3.64. The predicted molar refractivity (Wildman–Crippen MR) is 158 cm³/mol. The summed E-state index contributed by atoms with van der Waals surface area (Å²) in [7, 11) is 0. The van der Waals surface area contributed by atoms with Crippen LogP contribution in [0.3, 0.4) is 0 Å². The first-order valence-electron chi connectivity index (χ1n) is 14.1. The van der Waals surface area contributed by atoms with Gasteiger partial charge in [0.1, 0.15) is 12.5 Å². The van der Waals surface area contributed by atoms with Gasteiger partial charge in [0.05, 0.1) is 23.1 Å². The first-order chi connectivity index (χ1) is 21.2. The van der Waals surface area contributed by atoms with Crippen molar-refractivity contribution in [3.63, 3.8) is 0 Å². The average Bonchev–Trinajstić information content (AvgIpc) is 3.02. The number of piperidine rings is 3. The van der Waals surface area contributed by atoms with Crippen LogP contribution in [0.1, 0.15) is 29.5 Å². The molecule has 0 aliphatic carbocycles. The van der Waals surface area contributed by atoms with Crippen LogP contribution < -0.4 is 10.4 Å². The number of ether oxygens (including phenoxy) is 1. The van der Waals surface area contributed by atoms with Crippen LogP contribution in [0, 0.1) is 5.92 Å². The standard InChI is InChI=1S/C30H30Cl2N2O4.C2HF3O2/c31-25-12-11-21(17-26(25)32)18-33-28(35)20-34-15-13-22(14-16-34)27(19-34)38-29(36)30(37,23-7-3-1-4-8-23)24-9-5-2-6-10-24;3-2(4,5)1(6)7/h1-12,17,22,27,37H,13-16,18-20H2;(H,6,7)/t22?,27-,34?;/m0./s1. The number of hydrogen-bond donors (Lipinski definition) is 2. The van der Waals surface area contributed by atoms with Crippen molar-refractivity contribution in [3.8, 4) is 0 Å². The molecule has 0 unspecified atom stereocenters. The second kappa shape index (κ2) is 14.2. The number of quaternary nitrogens is 1. The maximum absolute atomic E-state index is 13.7. The molecule has 45 heavy (non-hydrogen) atoms. The molecule has 3 aliphatic heterocycles. The Morgan fingerprint density at radius 1 is 0.911 bits per heavy atom. The van der Waals surface area contributed by atoms with Crippen molar-refractivity contribution in [2.45, 2.75) is 37.3 Å². The zero-order valence-electron chi connectivity index (χ0n) is 23.9. The van der Waals surface area contributed by atoms with E-state index in [1.165, 1.54) is 0 Å². The molecule has 13 heteroatoms. The summed E-state index contributed by atoms with van der Waals surface area (Å²) in [6.07, 6.45) is -3.83. The number of amides is 1. The summed E-state index contributed by atoms with van der Waals surface area (Å²) in [5.74, 6) is -3.54. The fraction of sp³-hybridized carbons (Fsp3) is 0.344. The molecule has 0 spiro atoms. The van der Waals surface area contributed by atoms with E-state index in [0.717, 1.165) is 31.5 Å². The molecule has 3 fully saturated rings. The number of benzene rings is 3. The van der Waals surface area contributed by atoms with Crippen molar-refractivity contribution < 1.29 is 47.0 Å². The Bertz CT molecular complexity index is 1460. The molecule has 3 heterocycles. The van der Waals surface area contributed by atoms with Crippen molar-refractivity contribution >= 4 is 41.0 Å². The number of alkyl halides is 3. The Morgan fingerprint density at radius 3 is 1.93 bits per heavy atom. The molecule has 0 saturated carbocycles. The summed E-state index contributed by atoms with van der Waals surface area (Å²) >= 11 is 12.1. The van der Waals surface area contributed by atoms with E-state index < -0.39 is 23.7 Å². The maximum Gasteiger partial charge on any atom is 0.430 e. The number of nitrogens with one attached hydrogen (secondary N) is 1. The summed E-state index contributed by atoms with van der Waals surface area (Å²) in [4.78, 5) is 35.4. The summed E-state index contributed by atoms with van der Waals surface area (Å²) in [5.41, 5.74) is -0.125. The quantitative estimate of drug-likeness (QED) is 0.278. The number of carboxylic acid groups (broad SMARTS) is 1. The van der Waals surface area contributed by atoms with Crippen LogP contribution in [0.15, 0.2) is 78.9 Å². The molecule has 1 amide bonds. The molecular weight excluding hydrogens is 636 g/mol. The zero-order valence-corrected chi connectivity index (χ0v) is 25.4. The third-order valence-corrected chi connectivity index (χ3v) is 8.90. The molecule has 0 aromatic heterocycles. The molecule has 8 nitrogen and oxygen atoms in total. The van der Waals surface area contributed by atoms with Gasteiger partial charge in [-0.25, -0.2) is 4.79 Å². The minimum atomic E-state index is -5.19. The minimum Gasteiger partial charge on any atom is -0.542 e. The number of halogens is 5. The molecule has 3 saturated heterocycles. The van der Waals surface area contributed by atoms with Gasteiger partial charge in [-0.05, 0) is 28.8 Å². The summed E-state index contributed by atoms with van der Waals surface area (Å²) in [5, 5.41) is 24.5. The van der Waals surface area contributed by atoms with E-state index in [9.17, 15) is 27.9 Å². The van der Waals surface area contributed by atoms with Crippen LogP contribution in [0.25, 0.3) is 0 Å². The average molecular weight is 668 g/mol. The van der Waals surface area contributed by atoms with Crippen LogP contribution in [0.4, 0.5) is 13.2 Å². The Morgan fingerprint density at radius 2 is 1.44 bits per heavy atom. The monoisotopic (exact) mass is 666 g/mol. The number of hydrogen-bond acceptors (Lipinski definition) is 6. The topological polar surface area (TPSA) is 116 Å². The molecule has 6 rings (SSSR count). The first-order valence-corrected chi connectivity index (χ1v) is 14.9. The highest BCUT2D eigenvalue weighted by atomic mass is 35.5. The third kappa shape index (κ3) is 8.35. The lowest BCUT2D eigenvalue weighted by molar-refractivity contribution is -0.939. The lowest BCUT2D eigenvalue weighted by Gasteiger charge is -2.51. The zero-order chi connectivity index (χ0) is 32.8. The SMILES string of the molecule is O=C(C[N+]12CCC(CC1)[C@@H](OC(=O)C(O)(c1ccccc1)c1ccccc1)C2)NCc1ccc(Cl)c(Cl)c1.O=C([O-])C(F)(F)F. The van der Waals surface area contributed by atoms with Crippen molar-refractivity contribution in [3.05, 3.63) is 106 Å². The van der Waals surface area contributed by atoms with Gasteiger partial charge in [0.15, 0.2) is 12.6 Å². The fourth-order valence-corrected chi connectivity index (χ4v) is 6.09. The van der Waals surface area contributed by atoms with Crippen molar-refractivity contribution in [2.75, 3.05) is 26.2 Å². The van der Waals surface area contributed by atoms with E-state index in [-0.39, 0.29) is 17.9 Å². The van der Waals surface area contributed by atoms with Gasteiger partial charge in [-0.3, -0.25) is 4.79 Å². The number of esters is 1. The minimum absolute atomic E-state index is 0.0634. The summed E-state index contributed by atoms with van der Waals surface area (Å²) in [6.45, 7) is 2.94. The molecule has 240 valence electrons. The summed E-state index contributed by atoms with van der Waals surface area (Å²) in [6, 6.07) is 23.1. The van der Waals surface area contributed by atoms with Crippen LogP contribution >= 0.6 is 23.2 Å². The number of carbonyl (C=O) groups is 3. The van der Waals surface area contributed by atoms with E-state index in [0.29, 0.717) is 45.3 Å². The normalized spacial score (nSPS) is 20.8. The highest BCUT2D eigenvalue weighted by Gasteiger charge is 2.51. The molecule has 3 aromatic carbocycles. The van der Waals surface area contributed by atoms with E-state index in [4.69, 9.17) is 37.8 Å². The maximum atomic E-state index is 13.7. The second-order valence-corrected chi connectivity index (χ2v) is 12.0. The van der Waals surface area contributed by atoms with Gasteiger partial charge in [-0.15, -0.1) is 0 Å². The molecule has 3 aliphatic rings. The largest absolute Gasteiger partial charge is 0.542 e. The van der Waals surface area contributed by atoms with Crippen molar-refractivity contribution in [2.24, 2.45) is 5.92 Å².